The zero-order valence-corrected chi connectivity index (χ0v) is 15.3. The first kappa shape index (κ1) is 18.1. The van der Waals surface area contributed by atoms with Gasteiger partial charge >= 0.3 is 6.03 Å². The van der Waals surface area contributed by atoms with Crippen LogP contribution in [0.1, 0.15) is 49.5 Å². The summed E-state index contributed by atoms with van der Waals surface area (Å²) in [5, 5.41) is 13.2. The van der Waals surface area contributed by atoms with Gasteiger partial charge in [-0.05, 0) is 29.5 Å². The van der Waals surface area contributed by atoms with Crippen molar-refractivity contribution in [2.24, 2.45) is 0 Å². The first-order chi connectivity index (χ1) is 12.3. The highest BCUT2D eigenvalue weighted by molar-refractivity contribution is 6.07. The Bertz CT molecular complexity index is 802. The Labute approximate surface area is 153 Å². The van der Waals surface area contributed by atoms with E-state index < -0.39 is 17.7 Å². The van der Waals surface area contributed by atoms with Gasteiger partial charge in [0.1, 0.15) is 5.54 Å². The number of aliphatic hydroxyl groups is 1. The first-order valence-corrected chi connectivity index (χ1v) is 8.80. The van der Waals surface area contributed by atoms with Crippen molar-refractivity contribution in [1.29, 1.82) is 0 Å². The van der Waals surface area contributed by atoms with E-state index in [9.17, 15) is 14.7 Å². The molecule has 5 nitrogen and oxygen atoms in total. The van der Waals surface area contributed by atoms with Crippen LogP contribution < -0.4 is 5.32 Å². The Morgan fingerprint density at radius 2 is 1.62 bits per heavy atom. The molecule has 136 valence electrons. The Balaban J connectivity index is 1.81. The molecule has 26 heavy (non-hydrogen) atoms. The van der Waals surface area contributed by atoms with Gasteiger partial charge in [0.15, 0.2) is 0 Å². The van der Waals surface area contributed by atoms with Crippen molar-refractivity contribution in [2.75, 3.05) is 6.54 Å². The fourth-order valence-corrected chi connectivity index (χ4v) is 3.21. The number of hydrogen-bond donors (Lipinski definition) is 2. The van der Waals surface area contributed by atoms with Gasteiger partial charge in [0, 0.05) is 0 Å². The Kier molecular flexibility index (Phi) is 4.83. The van der Waals surface area contributed by atoms with Crippen molar-refractivity contribution in [3.8, 4) is 0 Å². The number of β-amino-alcohol motifs (C(OH)–C–C–N with tert-alkyl or cyclic N) is 1. The molecule has 1 heterocycles. The minimum Gasteiger partial charge on any atom is -0.387 e. The van der Waals surface area contributed by atoms with E-state index in [1.807, 2.05) is 42.5 Å². The average Bonchev–Trinajstić information content (AvgIpc) is 2.86. The van der Waals surface area contributed by atoms with Crippen LogP contribution in [-0.4, -0.2) is 28.5 Å². The van der Waals surface area contributed by atoms with E-state index in [2.05, 4.69) is 19.2 Å². The number of aliphatic hydroxyl groups excluding tert-OH is 1. The van der Waals surface area contributed by atoms with Gasteiger partial charge in [-0.3, -0.25) is 9.69 Å². The summed E-state index contributed by atoms with van der Waals surface area (Å²) < 4.78 is 0. The molecule has 1 aliphatic heterocycles. The lowest BCUT2D eigenvalue weighted by Gasteiger charge is -2.23. The van der Waals surface area contributed by atoms with Crippen molar-refractivity contribution >= 4 is 11.9 Å². The topological polar surface area (TPSA) is 69.6 Å². The lowest BCUT2D eigenvalue weighted by molar-refractivity contribution is -0.132. The molecule has 2 atom stereocenters. The number of amides is 3. The molecule has 2 aromatic rings. The summed E-state index contributed by atoms with van der Waals surface area (Å²) in [6, 6.07) is 16.2. The molecule has 1 aliphatic rings. The summed E-state index contributed by atoms with van der Waals surface area (Å²) in [6.45, 7) is 5.83. The smallest absolute Gasteiger partial charge is 0.325 e. The van der Waals surface area contributed by atoms with Crippen molar-refractivity contribution in [3.05, 3.63) is 71.3 Å². The van der Waals surface area contributed by atoms with E-state index in [1.165, 1.54) is 5.56 Å². The molecule has 0 aromatic heterocycles. The standard InChI is InChI=1S/C21H24N2O3/c1-14(2)15-9-11-17(12-10-15)21(3)19(25)23(20(26)22-21)13-18(24)16-7-5-4-6-8-16/h4-12,14,18,24H,13H2,1-3H3,(H,22,26). The number of rotatable bonds is 5. The average molecular weight is 352 g/mol. The molecule has 0 bridgehead atoms. The minimum absolute atomic E-state index is 0.0751. The van der Waals surface area contributed by atoms with E-state index >= 15 is 0 Å². The van der Waals surface area contributed by atoms with Crippen LogP contribution in [0.3, 0.4) is 0 Å². The van der Waals surface area contributed by atoms with Gasteiger partial charge < -0.3 is 10.4 Å². The summed E-state index contributed by atoms with van der Waals surface area (Å²) in [6.07, 6.45) is -0.920. The van der Waals surface area contributed by atoms with E-state index in [0.717, 1.165) is 10.5 Å². The maximum absolute atomic E-state index is 13.0. The zero-order chi connectivity index (χ0) is 18.9. The number of imide groups is 1. The number of benzene rings is 2. The summed E-state index contributed by atoms with van der Waals surface area (Å²) >= 11 is 0. The Morgan fingerprint density at radius 3 is 2.19 bits per heavy atom. The molecule has 1 fully saturated rings. The molecule has 0 aliphatic carbocycles. The summed E-state index contributed by atoms with van der Waals surface area (Å²) in [7, 11) is 0. The van der Waals surface area contributed by atoms with Crippen molar-refractivity contribution in [2.45, 2.75) is 38.3 Å². The van der Waals surface area contributed by atoms with Crippen molar-refractivity contribution in [1.82, 2.24) is 10.2 Å². The summed E-state index contributed by atoms with van der Waals surface area (Å²) in [5.74, 6) is 0.0398. The molecule has 1 saturated heterocycles. The van der Waals surface area contributed by atoms with Crippen LogP contribution in [0.2, 0.25) is 0 Å². The lowest BCUT2D eigenvalue weighted by atomic mass is 9.90. The van der Waals surface area contributed by atoms with Crippen LogP contribution >= 0.6 is 0 Å². The van der Waals surface area contributed by atoms with Crippen molar-refractivity contribution < 1.29 is 14.7 Å². The van der Waals surface area contributed by atoms with Gasteiger partial charge in [0.05, 0.1) is 12.6 Å². The predicted octanol–water partition coefficient (Wildman–Crippen LogP) is 3.31. The van der Waals surface area contributed by atoms with E-state index in [-0.39, 0.29) is 12.5 Å². The molecule has 3 amide bonds. The number of carbonyl (C=O) groups is 2. The molecular formula is C21H24N2O3. The molecule has 0 saturated carbocycles. The van der Waals surface area contributed by atoms with E-state index in [0.29, 0.717) is 11.5 Å². The molecular weight excluding hydrogens is 328 g/mol. The monoisotopic (exact) mass is 352 g/mol. The van der Waals surface area contributed by atoms with Gasteiger partial charge in [-0.25, -0.2) is 4.79 Å². The SMILES string of the molecule is CC(C)c1ccc(C2(C)NC(=O)N(CC(O)c3ccccc3)C2=O)cc1. The third-order valence-corrected chi connectivity index (χ3v) is 4.97. The van der Waals surface area contributed by atoms with Crippen LogP contribution in [0.25, 0.3) is 0 Å². The highest BCUT2D eigenvalue weighted by Gasteiger charge is 2.49. The van der Waals surface area contributed by atoms with Crippen LogP contribution in [0.4, 0.5) is 4.79 Å². The number of hydrogen-bond acceptors (Lipinski definition) is 3. The van der Waals surface area contributed by atoms with Gasteiger partial charge in [0.25, 0.3) is 5.91 Å². The molecule has 0 spiro atoms. The number of carbonyl (C=O) groups excluding carboxylic acids is 2. The second-order valence-electron chi connectivity index (χ2n) is 7.17. The fourth-order valence-electron chi connectivity index (χ4n) is 3.21. The van der Waals surface area contributed by atoms with Crippen LogP contribution in [0.15, 0.2) is 54.6 Å². The third-order valence-electron chi connectivity index (χ3n) is 4.97. The van der Waals surface area contributed by atoms with Crippen LogP contribution in [-0.2, 0) is 10.3 Å². The molecule has 3 rings (SSSR count). The number of nitrogens with zero attached hydrogens (tertiary/aromatic N) is 1. The normalized spacial score (nSPS) is 21.2. The second kappa shape index (κ2) is 6.92. The van der Waals surface area contributed by atoms with E-state index in [1.54, 1.807) is 19.1 Å². The van der Waals surface area contributed by atoms with Crippen LogP contribution in [0.5, 0.6) is 0 Å². The highest BCUT2D eigenvalue weighted by atomic mass is 16.3. The molecule has 2 unspecified atom stereocenters. The maximum atomic E-state index is 13.0. The lowest BCUT2D eigenvalue weighted by Crippen LogP contribution is -2.41. The molecule has 2 N–H and O–H groups in total. The Morgan fingerprint density at radius 1 is 1.00 bits per heavy atom. The van der Waals surface area contributed by atoms with E-state index in [4.69, 9.17) is 0 Å². The van der Waals surface area contributed by atoms with Crippen LogP contribution in [0, 0.1) is 0 Å². The molecule has 0 radical (unpaired) electrons. The van der Waals surface area contributed by atoms with Gasteiger partial charge in [-0.15, -0.1) is 0 Å². The maximum Gasteiger partial charge on any atom is 0.325 e. The van der Waals surface area contributed by atoms with Crippen molar-refractivity contribution in [3.63, 3.8) is 0 Å². The number of urea groups is 1. The molecule has 2 aromatic carbocycles. The van der Waals surface area contributed by atoms with Gasteiger partial charge in [0.2, 0.25) is 0 Å². The minimum atomic E-state index is -1.12. The largest absolute Gasteiger partial charge is 0.387 e. The number of nitrogens with one attached hydrogen (secondary N) is 1. The zero-order valence-electron chi connectivity index (χ0n) is 15.3. The van der Waals surface area contributed by atoms with Gasteiger partial charge in [-0.2, -0.15) is 0 Å². The predicted molar refractivity (Wildman–Crippen MR) is 99.5 cm³/mol. The summed E-state index contributed by atoms with van der Waals surface area (Å²) in [4.78, 5) is 26.4. The summed E-state index contributed by atoms with van der Waals surface area (Å²) in [5.41, 5.74) is 1.45. The third kappa shape index (κ3) is 3.22. The van der Waals surface area contributed by atoms with Gasteiger partial charge in [-0.1, -0.05) is 68.4 Å². The quantitative estimate of drug-likeness (QED) is 0.811. The first-order valence-electron chi connectivity index (χ1n) is 8.80. The highest BCUT2D eigenvalue weighted by Crippen LogP contribution is 2.31. The second-order valence-corrected chi connectivity index (χ2v) is 7.17. The fraction of sp³-hybridized carbons (Fsp3) is 0.333. The molecule has 5 heteroatoms. The Hall–Kier alpha value is -2.66.